The van der Waals surface area contributed by atoms with Gasteiger partial charge >= 0.3 is 5.97 Å². The highest BCUT2D eigenvalue weighted by Gasteiger charge is 2.15. The van der Waals surface area contributed by atoms with Crippen LogP contribution in [0.3, 0.4) is 0 Å². The van der Waals surface area contributed by atoms with Gasteiger partial charge in [-0.1, -0.05) is 6.07 Å². The van der Waals surface area contributed by atoms with E-state index in [1.807, 2.05) is 12.1 Å². The van der Waals surface area contributed by atoms with Crippen LogP contribution in [0.15, 0.2) is 66.7 Å². The lowest BCUT2D eigenvalue weighted by Gasteiger charge is -2.16. The van der Waals surface area contributed by atoms with Crippen molar-refractivity contribution in [3.05, 3.63) is 100 Å². The highest BCUT2D eigenvalue weighted by atomic mass is 19.1. The number of ether oxygens (including phenoxy) is 1. The Labute approximate surface area is 162 Å². The van der Waals surface area contributed by atoms with Crippen LogP contribution in [-0.4, -0.2) is 11.8 Å². The number of carbonyl (C=O) groups is 2. The minimum atomic E-state index is -0.411. The van der Waals surface area contributed by atoms with Crippen LogP contribution in [0.25, 0.3) is 0 Å². The molecule has 3 aromatic rings. The fourth-order valence-electron chi connectivity index (χ4n) is 3.47. The molecule has 0 aromatic heterocycles. The van der Waals surface area contributed by atoms with E-state index in [-0.39, 0.29) is 11.6 Å². The fourth-order valence-corrected chi connectivity index (χ4v) is 3.47. The number of carbonyl (C=O) groups excluding carboxylic acids is 2. The number of hydrogen-bond acceptors (Lipinski definition) is 3. The normalized spacial score (nSPS) is 12.9. The van der Waals surface area contributed by atoms with E-state index in [4.69, 9.17) is 4.74 Å². The maximum Gasteiger partial charge on any atom is 0.343 e. The maximum absolute atomic E-state index is 13.0. The van der Waals surface area contributed by atoms with Crippen LogP contribution in [0.1, 0.15) is 50.2 Å². The van der Waals surface area contributed by atoms with Gasteiger partial charge in [-0.3, -0.25) is 4.79 Å². The molecule has 1 aliphatic carbocycles. The molecule has 0 unspecified atom stereocenters. The first-order valence-corrected chi connectivity index (χ1v) is 9.34. The summed E-state index contributed by atoms with van der Waals surface area (Å²) in [5.41, 5.74) is 3.92. The van der Waals surface area contributed by atoms with Gasteiger partial charge in [-0.05, 0) is 97.5 Å². The monoisotopic (exact) mass is 374 g/mol. The first kappa shape index (κ1) is 18.1. The van der Waals surface area contributed by atoms with Crippen LogP contribution in [-0.2, 0) is 12.8 Å². The van der Waals surface area contributed by atoms with Gasteiger partial charge in [0.05, 0.1) is 5.56 Å². The molecule has 4 rings (SSSR count). The number of hydrogen-bond donors (Lipinski definition) is 0. The summed E-state index contributed by atoms with van der Waals surface area (Å²) in [6.45, 7) is 0. The average molecular weight is 374 g/mol. The van der Waals surface area contributed by atoms with Crippen LogP contribution in [0.2, 0.25) is 0 Å². The van der Waals surface area contributed by atoms with Crippen LogP contribution in [0.5, 0.6) is 5.75 Å². The van der Waals surface area contributed by atoms with Gasteiger partial charge in [-0.15, -0.1) is 0 Å². The molecule has 1 aliphatic rings. The summed E-state index contributed by atoms with van der Waals surface area (Å²) in [4.78, 5) is 24.9. The molecule has 0 aliphatic heterocycles. The molecular weight excluding hydrogens is 355 g/mol. The third-order valence-electron chi connectivity index (χ3n) is 5.02. The summed E-state index contributed by atoms with van der Waals surface area (Å²) in [7, 11) is 0. The summed E-state index contributed by atoms with van der Waals surface area (Å²) in [6.07, 6.45) is 4.40. The van der Waals surface area contributed by atoms with E-state index in [2.05, 4.69) is 0 Å². The third-order valence-corrected chi connectivity index (χ3v) is 5.02. The van der Waals surface area contributed by atoms with Crippen molar-refractivity contribution in [3.63, 3.8) is 0 Å². The molecule has 0 saturated heterocycles. The first-order chi connectivity index (χ1) is 13.6. The van der Waals surface area contributed by atoms with Gasteiger partial charge in [0, 0.05) is 11.1 Å². The van der Waals surface area contributed by atoms with Crippen LogP contribution < -0.4 is 4.74 Å². The van der Waals surface area contributed by atoms with Crippen molar-refractivity contribution in [3.8, 4) is 5.75 Å². The first-order valence-electron chi connectivity index (χ1n) is 9.34. The second-order valence-corrected chi connectivity index (χ2v) is 6.94. The van der Waals surface area contributed by atoms with Crippen molar-refractivity contribution < 1.29 is 18.7 Å². The van der Waals surface area contributed by atoms with Crippen molar-refractivity contribution in [2.45, 2.75) is 25.7 Å². The van der Waals surface area contributed by atoms with Crippen molar-refractivity contribution >= 4 is 11.8 Å². The van der Waals surface area contributed by atoms with Crippen molar-refractivity contribution in [1.29, 1.82) is 0 Å². The van der Waals surface area contributed by atoms with Gasteiger partial charge < -0.3 is 4.74 Å². The number of ketones is 1. The average Bonchev–Trinajstić information content (AvgIpc) is 2.74. The summed E-state index contributed by atoms with van der Waals surface area (Å²) in [5, 5.41) is 0. The molecular formula is C24H19FO3. The largest absolute Gasteiger partial charge is 0.423 e. The molecule has 0 N–H and O–H groups in total. The summed E-state index contributed by atoms with van der Waals surface area (Å²) >= 11 is 0. The van der Waals surface area contributed by atoms with E-state index in [9.17, 15) is 14.0 Å². The van der Waals surface area contributed by atoms with E-state index < -0.39 is 5.97 Å². The van der Waals surface area contributed by atoms with E-state index in [1.54, 1.807) is 30.3 Å². The molecule has 0 bridgehead atoms. The van der Waals surface area contributed by atoms with Crippen molar-refractivity contribution in [2.75, 3.05) is 0 Å². The number of halogens is 1. The predicted octanol–water partition coefficient (Wildman–Crippen LogP) is 5.15. The Morgan fingerprint density at radius 2 is 1.29 bits per heavy atom. The van der Waals surface area contributed by atoms with Crippen molar-refractivity contribution in [1.82, 2.24) is 0 Å². The topological polar surface area (TPSA) is 43.4 Å². The quantitative estimate of drug-likeness (QED) is 0.360. The Morgan fingerprint density at radius 1 is 0.714 bits per heavy atom. The summed E-state index contributed by atoms with van der Waals surface area (Å²) in [5.74, 6) is -0.641. The molecule has 0 spiro atoms. The van der Waals surface area contributed by atoms with Crippen LogP contribution in [0.4, 0.5) is 4.39 Å². The van der Waals surface area contributed by atoms with Gasteiger partial charge in [0.2, 0.25) is 0 Å². The number of esters is 1. The summed E-state index contributed by atoms with van der Waals surface area (Å²) < 4.78 is 18.4. The van der Waals surface area contributed by atoms with E-state index >= 15 is 0 Å². The zero-order chi connectivity index (χ0) is 19.5. The van der Waals surface area contributed by atoms with Crippen molar-refractivity contribution in [2.24, 2.45) is 0 Å². The third kappa shape index (κ3) is 3.86. The van der Waals surface area contributed by atoms with Gasteiger partial charge in [-0.2, -0.15) is 0 Å². The molecule has 28 heavy (non-hydrogen) atoms. The SMILES string of the molecule is O=C(Oc1ccc(C(=O)c2ccc(F)cc2)cc1)c1ccc2c(c1)CCCC2. The molecule has 0 radical (unpaired) electrons. The molecule has 140 valence electrons. The molecule has 0 fully saturated rings. The smallest absolute Gasteiger partial charge is 0.343 e. The number of fused-ring (bicyclic) bond motifs is 1. The lowest BCUT2D eigenvalue weighted by atomic mass is 9.90. The summed E-state index contributed by atoms with van der Waals surface area (Å²) in [6, 6.07) is 17.5. The predicted molar refractivity (Wildman–Crippen MR) is 104 cm³/mol. The Kier molecular flexibility index (Phi) is 5.02. The molecule has 0 amide bonds. The van der Waals surface area contributed by atoms with E-state index in [0.29, 0.717) is 22.4 Å². The maximum atomic E-state index is 13.0. The zero-order valence-corrected chi connectivity index (χ0v) is 15.3. The number of benzene rings is 3. The highest BCUT2D eigenvalue weighted by Crippen LogP contribution is 2.23. The van der Waals surface area contributed by atoms with Gasteiger partial charge in [0.15, 0.2) is 5.78 Å². The Balaban J connectivity index is 1.46. The minimum Gasteiger partial charge on any atom is -0.423 e. The van der Waals surface area contributed by atoms with Gasteiger partial charge in [0.1, 0.15) is 11.6 Å². The molecule has 0 heterocycles. The standard InChI is InChI=1S/C24H19FO3/c25-21-11-7-17(8-12-21)23(26)18-9-13-22(14-10-18)28-24(27)20-6-5-16-3-1-2-4-19(16)15-20/h5-15H,1-4H2. The second-order valence-electron chi connectivity index (χ2n) is 6.94. The lowest BCUT2D eigenvalue weighted by molar-refractivity contribution is 0.0734. The van der Waals surface area contributed by atoms with E-state index in [0.717, 1.165) is 19.3 Å². The molecule has 3 nitrogen and oxygen atoms in total. The van der Waals surface area contributed by atoms with Gasteiger partial charge in [0.25, 0.3) is 0 Å². The Bertz CT molecular complexity index is 1020. The van der Waals surface area contributed by atoms with Crippen LogP contribution in [0, 0.1) is 5.82 Å². The Morgan fingerprint density at radius 3 is 1.96 bits per heavy atom. The number of rotatable bonds is 4. The second kappa shape index (κ2) is 7.77. The molecule has 0 saturated carbocycles. The Hall–Kier alpha value is -3.27. The minimum absolute atomic E-state index is 0.215. The lowest BCUT2D eigenvalue weighted by Crippen LogP contribution is -2.11. The fraction of sp³-hybridized carbons (Fsp3) is 0.167. The van der Waals surface area contributed by atoms with E-state index in [1.165, 1.54) is 41.8 Å². The molecule has 0 atom stereocenters. The molecule has 3 aromatic carbocycles. The molecule has 4 heteroatoms. The number of aryl methyl sites for hydroxylation is 2. The van der Waals surface area contributed by atoms with Gasteiger partial charge in [-0.25, -0.2) is 9.18 Å². The van der Waals surface area contributed by atoms with Crippen LogP contribution >= 0.6 is 0 Å². The zero-order valence-electron chi connectivity index (χ0n) is 15.3. The highest BCUT2D eigenvalue weighted by molar-refractivity contribution is 6.09.